The molecule has 2 aromatic carbocycles. The number of aryl methyl sites for hydroxylation is 1. The van der Waals surface area contributed by atoms with Gasteiger partial charge in [0.15, 0.2) is 0 Å². The van der Waals surface area contributed by atoms with E-state index >= 15 is 0 Å². The van der Waals surface area contributed by atoms with Crippen molar-refractivity contribution >= 4 is 46.5 Å². The number of nitriles is 1. The van der Waals surface area contributed by atoms with E-state index in [1.165, 1.54) is 0 Å². The molecule has 1 atom stereocenters. The molecule has 0 spiro atoms. The predicted molar refractivity (Wildman–Crippen MR) is 123 cm³/mol. The van der Waals surface area contributed by atoms with Crippen LogP contribution in [0.4, 0.5) is 5.69 Å². The van der Waals surface area contributed by atoms with Gasteiger partial charge in [-0.2, -0.15) is 5.26 Å². The number of hydrogen-bond donors (Lipinski definition) is 1. The maximum atomic E-state index is 12.7. The summed E-state index contributed by atoms with van der Waals surface area (Å²) in [5.41, 5.74) is 2.47. The lowest BCUT2D eigenvalue weighted by atomic mass is 10.2. The Morgan fingerprint density at radius 3 is 2.69 bits per heavy atom. The van der Waals surface area contributed by atoms with Crippen molar-refractivity contribution in [3.63, 3.8) is 0 Å². The van der Waals surface area contributed by atoms with Gasteiger partial charge >= 0.3 is 0 Å². The monoisotopic (exact) mass is 439 g/mol. The third-order valence-electron chi connectivity index (χ3n) is 4.01. The van der Waals surface area contributed by atoms with Gasteiger partial charge in [-0.3, -0.25) is 4.79 Å². The van der Waals surface area contributed by atoms with E-state index in [1.807, 2.05) is 62.4 Å². The minimum absolute atomic E-state index is 0.141. The average Bonchev–Trinajstić information content (AvgIpc) is 3.13. The smallest absolute Gasteiger partial charge is 0.255 e. The summed E-state index contributed by atoms with van der Waals surface area (Å²) < 4.78 is 0. The van der Waals surface area contributed by atoms with Gasteiger partial charge in [0.25, 0.3) is 5.91 Å². The number of carbonyl (C=O) groups is 1. The summed E-state index contributed by atoms with van der Waals surface area (Å²) in [5.74, 6) is 0.680. The molecular formula is C22H21N3OS3. The molecule has 29 heavy (non-hydrogen) atoms. The Kier molecular flexibility index (Phi) is 7.76. The lowest BCUT2D eigenvalue weighted by Crippen LogP contribution is -2.12. The van der Waals surface area contributed by atoms with E-state index in [2.05, 4.69) is 21.8 Å². The fourth-order valence-corrected chi connectivity index (χ4v) is 5.09. The van der Waals surface area contributed by atoms with Gasteiger partial charge in [-0.15, -0.1) is 34.9 Å². The maximum absolute atomic E-state index is 12.7. The zero-order chi connectivity index (χ0) is 20.6. The molecule has 0 aliphatic heterocycles. The van der Waals surface area contributed by atoms with E-state index in [-0.39, 0.29) is 11.2 Å². The molecule has 0 saturated carbocycles. The molecule has 148 valence electrons. The molecule has 0 radical (unpaired) electrons. The number of anilines is 1. The van der Waals surface area contributed by atoms with Crippen LogP contribution in [-0.2, 0) is 5.75 Å². The van der Waals surface area contributed by atoms with Crippen LogP contribution >= 0.6 is 34.9 Å². The summed E-state index contributed by atoms with van der Waals surface area (Å²) in [6.45, 7) is 4.02. The van der Waals surface area contributed by atoms with Gasteiger partial charge in [0, 0.05) is 38.2 Å². The van der Waals surface area contributed by atoms with Crippen molar-refractivity contribution in [2.75, 3.05) is 5.32 Å². The number of aromatic nitrogens is 1. The summed E-state index contributed by atoms with van der Waals surface area (Å²) in [5, 5.41) is 15.2. The molecular weight excluding hydrogens is 418 g/mol. The SMILES string of the molecule is Cc1nc(CSc2ccc(C(=O)Nc3ccccc3SC(C)CC#N)cc2)cs1. The highest BCUT2D eigenvalue weighted by atomic mass is 32.2. The number of para-hydroxylation sites is 1. The Bertz CT molecular complexity index is 1010. The summed E-state index contributed by atoms with van der Waals surface area (Å²) >= 11 is 4.96. The minimum atomic E-state index is -0.141. The van der Waals surface area contributed by atoms with Gasteiger partial charge in [0.05, 0.1) is 22.5 Å². The molecule has 0 fully saturated rings. The fraction of sp³-hybridized carbons (Fsp3) is 0.227. The standard InChI is InChI=1S/C22H21N3OS3/c1-15(11-12-23)29-21-6-4-3-5-20(21)25-22(26)17-7-9-19(10-8-17)28-14-18-13-27-16(2)24-18/h3-10,13,15H,11,14H2,1-2H3,(H,25,26). The van der Waals surface area contributed by atoms with Crippen LogP contribution in [0.15, 0.2) is 63.7 Å². The normalized spacial score (nSPS) is 11.6. The van der Waals surface area contributed by atoms with Crippen LogP contribution in [0.3, 0.4) is 0 Å². The van der Waals surface area contributed by atoms with E-state index in [0.29, 0.717) is 12.0 Å². The Balaban J connectivity index is 1.62. The minimum Gasteiger partial charge on any atom is -0.321 e. The van der Waals surface area contributed by atoms with Crippen molar-refractivity contribution in [1.82, 2.24) is 4.98 Å². The highest BCUT2D eigenvalue weighted by molar-refractivity contribution is 8.00. The van der Waals surface area contributed by atoms with Crippen LogP contribution in [0.2, 0.25) is 0 Å². The molecule has 3 aromatic rings. The first kappa shape index (κ1) is 21.4. The van der Waals surface area contributed by atoms with E-state index < -0.39 is 0 Å². The van der Waals surface area contributed by atoms with Crippen molar-refractivity contribution in [3.8, 4) is 6.07 Å². The van der Waals surface area contributed by atoms with Gasteiger partial charge in [0.2, 0.25) is 0 Å². The molecule has 4 nitrogen and oxygen atoms in total. The largest absolute Gasteiger partial charge is 0.321 e. The number of benzene rings is 2. The first-order valence-electron chi connectivity index (χ1n) is 9.13. The van der Waals surface area contributed by atoms with Crippen LogP contribution in [0.1, 0.15) is 34.4 Å². The van der Waals surface area contributed by atoms with Crippen molar-refractivity contribution < 1.29 is 4.79 Å². The van der Waals surface area contributed by atoms with E-state index in [1.54, 1.807) is 34.9 Å². The second-order valence-electron chi connectivity index (χ2n) is 6.41. The molecule has 1 aromatic heterocycles. The van der Waals surface area contributed by atoms with Crippen molar-refractivity contribution in [1.29, 1.82) is 5.26 Å². The van der Waals surface area contributed by atoms with E-state index in [9.17, 15) is 4.79 Å². The summed E-state index contributed by atoms with van der Waals surface area (Å²) in [7, 11) is 0. The molecule has 0 aliphatic rings. The topological polar surface area (TPSA) is 65.8 Å². The number of thiazole rings is 1. The Labute approximate surface area is 183 Å². The molecule has 0 saturated heterocycles. The molecule has 0 bridgehead atoms. The first-order chi connectivity index (χ1) is 14.0. The summed E-state index contributed by atoms with van der Waals surface area (Å²) in [4.78, 5) is 19.2. The molecule has 1 amide bonds. The Morgan fingerprint density at radius 1 is 1.24 bits per heavy atom. The highest BCUT2D eigenvalue weighted by Gasteiger charge is 2.12. The summed E-state index contributed by atoms with van der Waals surface area (Å²) in [6, 6.07) is 17.5. The highest BCUT2D eigenvalue weighted by Crippen LogP contribution is 2.32. The zero-order valence-corrected chi connectivity index (χ0v) is 18.7. The third-order valence-corrected chi connectivity index (χ3v) is 7.06. The number of amides is 1. The molecule has 3 rings (SSSR count). The number of rotatable bonds is 8. The molecule has 1 unspecified atom stereocenters. The second-order valence-corrected chi connectivity index (χ2v) is 10.0. The van der Waals surface area contributed by atoms with Gasteiger partial charge < -0.3 is 5.32 Å². The molecule has 1 N–H and O–H groups in total. The lowest BCUT2D eigenvalue weighted by Gasteiger charge is -2.13. The lowest BCUT2D eigenvalue weighted by molar-refractivity contribution is 0.102. The van der Waals surface area contributed by atoms with Crippen LogP contribution < -0.4 is 5.32 Å². The molecule has 7 heteroatoms. The van der Waals surface area contributed by atoms with Crippen LogP contribution in [0.5, 0.6) is 0 Å². The Morgan fingerprint density at radius 2 is 2.00 bits per heavy atom. The number of hydrogen-bond acceptors (Lipinski definition) is 6. The van der Waals surface area contributed by atoms with Crippen molar-refractivity contribution in [2.45, 2.75) is 41.1 Å². The molecule has 1 heterocycles. The fourth-order valence-electron chi connectivity index (χ4n) is 2.59. The number of nitrogens with zero attached hydrogens (tertiary/aromatic N) is 2. The van der Waals surface area contributed by atoms with Crippen molar-refractivity contribution in [3.05, 3.63) is 70.2 Å². The third kappa shape index (κ3) is 6.36. The molecule has 0 aliphatic carbocycles. The van der Waals surface area contributed by atoms with Crippen LogP contribution in [-0.4, -0.2) is 16.1 Å². The predicted octanol–water partition coefficient (Wildman–Crippen LogP) is 6.39. The van der Waals surface area contributed by atoms with Gasteiger partial charge in [0.1, 0.15) is 0 Å². The zero-order valence-electron chi connectivity index (χ0n) is 16.2. The number of thioether (sulfide) groups is 2. The van der Waals surface area contributed by atoms with Crippen LogP contribution in [0, 0.1) is 18.3 Å². The second kappa shape index (κ2) is 10.5. The maximum Gasteiger partial charge on any atom is 0.255 e. The van der Waals surface area contributed by atoms with Gasteiger partial charge in [-0.1, -0.05) is 19.1 Å². The van der Waals surface area contributed by atoms with Gasteiger partial charge in [-0.25, -0.2) is 4.98 Å². The number of carbonyl (C=O) groups excluding carboxylic acids is 1. The van der Waals surface area contributed by atoms with E-state index in [0.717, 1.165) is 31.9 Å². The summed E-state index contributed by atoms with van der Waals surface area (Å²) in [6.07, 6.45) is 0.465. The van der Waals surface area contributed by atoms with E-state index in [4.69, 9.17) is 5.26 Å². The first-order valence-corrected chi connectivity index (χ1v) is 11.9. The number of nitrogens with one attached hydrogen (secondary N) is 1. The van der Waals surface area contributed by atoms with Crippen molar-refractivity contribution in [2.24, 2.45) is 0 Å². The van der Waals surface area contributed by atoms with Gasteiger partial charge in [-0.05, 0) is 43.3 Å². The average molecular weight is 440 g/mol. The Hall–Kier alpha value is -2.27. The quantitative estimate of drug-likeness (QED) is 0.412. The van der Waals surface area contributed by atoms with Crippen LogP contribution in [0.25, 0.3) is 0 Å².